The fourth-order valence-electron chi connectivity index (χ4n) is 2.14. The molecule has 2 aromatic carbocycles. The Bertz CT molecular complexity index is 1030. The van der Waals surface area contributed by atoms with E-state index in [4.69, 9.17) is 10.9 Å². The molecule has 0 aliphatic rings. The second-order valence-electron chi connectivity index (χ2n) is 5.13. The zero-order valence-electron chi connectivity index (χ0n) is 12.8. The number of carbonyl (C=O) groups is 1. The highest BCUT2D eigenvalue weighted by atomic mass is 32.2. The van der Waals surface area contributed by atoms with Crippen LogP contribution in [0, 0.1) is 0 Å². The third-order valence-corrected chi connectivity index (χ3v) is 5.21. The van der Waals surface area contributed by atoms with Gasteiger partial charge >= 0.3 is 0 Å². The number of benzene rings is 2. The fraction of sp³-hybridized carbons (Fsp3) is 0. The average molecular weight is 374 g/mol. The van der Waals surface area contributed by atoms with Crippen LogP contribution in [0.15, 0.2) is 59.5 Å². The van der Waals surface area contributed by atoms with Crippen molar-refractivity contribution in [3.8, 4) is 0 Å². The lowest BCUT2D eigenvalue weighted by molar-refractivity contribution is 0.104. The summed E-state index contributed by atoms with van der Waals surface area (Å²) in [5.41, 5.74) is 6.84. The van der Waals surface area contributed by atoms with Gasteiger partial charge < -0.3 is 11.1 Å². The standard InChI is InChI=1S/C16H14N4O3S2/c17-15-14(13(21)10-5-2-1-3-6-10)24-16(20-15)19-11-7-4-8-12(9-11)25(18,22)23/h1-9H,17H2,(H,19,20)(H2,18,22,23). The van der Waals surface area contributed by atoms with Gasteiger partial charge in [0.2, 0.25) is 15.8 Å². The van der Waals surface area contributed by atoms with Crippen LogP contribution in [-0.4, -0.2) is 19.2 Å². The maximum absolute atomic E-state index is 12.5. The van der Waals surface area contributed by atoms with E-state index < -0.39 is 10.0 Å². The number of nitrogens with zero attached hydrogens (tertiary/aromatic N) is 1. The molecule has 3 rings (SSSR count). The van der Waals surface area contributed by atoms with Crippen molar-refractivity contribution in [2.45, 2.75) is 4.90 Å². The number of anilines is 3. The summed E-state index contributed by atoms with van der Waals surface area (Å²) in [6, 6.07) is 14.7. The van der Waals surface area contributed by atoms with Crippen molar-refractivity contribution >= 4 is 43.8 Å². The molecule has 0 spiro atoms. The van der Waals surface area contributed by atoms with Gasteiger partial charge in [0.05, 0.1) is 4.90 Å². The van der Waals surface area contributed by atoms with E-state index in [0.29, 0.717) is 21.3 Å². The summed E-state index contributed by atoms with van der Waals surface area (Å²) < 4.78 is 22.8. The number of rotatable bonds is 5. The number of hydrogen-bond acceptors (Lipinski definition) is 7. The first kappa shape index (κ1) is 17.1. The molecule has 0 saturated carbocycles. The second kappa shape index (κ2) is 6.63. The minimum atomic E-state index is -3.81. The van der Waals surface area contributed by atoms with Gasteiger partial charge in [0.15, 0.2) is 5.13 Å². The molecule has 0 fully saturated rings. The summed E-state index contributed by atoms with van der Waals surface area (Å²) in [6.07, 6.45) is 0. The Morgan fingerprint density at radius 2 is 1.80 bits per heavy atom. The lowest BCUT2D eigenvalue weighted by Gasteiger charge is -2.04. The van der Waals surface area contributed by atoms with Crippen molar-refractivity contribution in [1.82, 2.24) is 4.98 Å². The van der Waals surface area contributed by atoms with Crippen molar-refractivity contribution in [1.29, 1.82) is 0 Å². The van der Waals surface area contributed by atoms with E-state index >= 15 is 0 Å². The summed E-state index contributed by atoms with van der Waals surface area (Å²) in [7, 11) is -3.81. The first-order chi connectivity index (χ1) is 11.8. The van der Waals surface area contributed by atoms with Crippen LogP contribution >= 0.6 is 11.3 Å². The topological polar surface area (TPSA) is 128 Å². The van der Waals surface area contributed by atoms with E-state index in [1.54, 1.807) is 36.4 Å². The van der Waals surface area contributed by atoms with Crippen LogP contribution in [0.3, 0.4) is 0 Å². The minimum absolute atomic E-state index is 0.0254. The van der Waals surface area contributed by atoms with Crippen LogP contribution < -0.4 is 16.2 Å². The Balaban J connectivity index is 1.88. The summed E-state index contributed by atoms with van der Waals surface area (Å²) in [4.78, 5) is 16.9. The van der Waals surface area contributed by atoms with E-state index in [0.717, 1.165) is 11.3 Å². The molecule has 0 bridgehead atoms. The molecule has 0 aliphatic carbocycles. The van der Waals surface area contributed by atoms with Gasteiger partial charge in [-0.25, -0.2) is 18.5 Å². The van der Waals surface area contributed by atoms with Gasteiger partial charge in [-0.15, -0.1) is 0 Å². The monoisotopic (exact) mass is 374 g/mol. The molecule has 0 saturated heterocycles. The molecule has 128 valence electrons. The molecular weight excluding hydrogens is 360 g/mol. The summed E-state index contributed by atoms with van der Waals surface area (Å²) in [5, 5.41) is 8.44. The predicted molar refractivity (Wildman–Crippen MR) is 97.5 cm³/mol. The molecule has 25 heavy (non-hydrogen) atoms. The molecule has 0 aliphatic heterocycles. The fourth-order valence-corrected chi connectivity index (χ4v) is 3.57. The highest BCUT2D eigenvalue weighted by Gasteiger charge is 2.18. The Morgan fingerprint density at radius 3 is 2.48 bits per heavy atom. The number of nitrogen functional groups attached to an aromatic ring is 1. The zero-order valence-corrected chi connectivity index (χ0v) is 14.5. The normalized spacial score (nSPS) is 11.2. The minimum Gasteiger partial charge on any atom is -0.382 e. The molecule has 3 aromatic rings. The highest BCUT2D eigenvalue weighted by molar-refractivity contribution is 7.89. The SMILES string of the molecule is Nc1nc(Nc2cccc(S(N)(=O)=O)c2)sc1C(=O)c1ccccc1. The van der Waals surface area contributed by atoms with Gasteiger partial charge in [0.25, 0.3) is 0 Å². The molecule has 1 heterocycles. The number of aromatic nitrogens is 1. The largest absolute Gasteiger partial charge is 0.382 e. The lowest BCUT2D eigenvalue weighted by atomic mass is 10.1. The van der Waals surface area contributed by atoms with E-state index in [9.17, 15) is 13.2 Å². The molecule has 5 N–H and O–H groups in total. The van der Waals surface area contributed by atoms with E-state index in [1.807, 2.05) is 6.07 Å². The van der Waals surface area contributed by atoms with E-state index in [-0.39, 0.29) is 16.5 Å². The lowest BCUT2D eigenvalue weighted by Crippen LogP contribution is -2.12. The number of nitrogens with two attached hydrogens (primary N) is 2. The van der Waals surface area contributed by atoms with Gasteiger partial charge in [-0.05, 0) is 18.2 Å². The van der Waals surface area contributed by atoms with Crippen LogP contribution in [0.1, 0.15) is 15.2 Å². The van der Waals surface area contributed by atoms with Crippen molar-refractivity contribution in [3.05, 3.63) is 65.0 Å². The molecule has 0 radical (unpaired) electrons. The summed E-state index contributed by atoms with van der Waals surface area (Å²) in [6.45, 7) is 0. The third kappa shape index (κ3) is 3.85. The molecule has 0 amide bonds. The Labute approximate surface area is 148 Å². The Morgan fingerprint density at radius 1 is 1.08 bits per heavy atom. The molecule has 7 nitrogen and oxygen atoms in total. The van der Waals surface area contributed by atoms with Gasteiger partial charge in [-0.3, -0.25) is 4.79 Å². The maximum Gasteiger partial charge on any atom is 0.238 e. The van der Waals surface area contributed by atoms with Crippen LogP contribution in [0.4, 0.5) is 16.6 Å². The number of sulfonamides is 1. The zero-order chi connectivity index (χ0) is 18.0. The molecule has 1 aromatic heterocycles. The molecule has 0 atom stereocenters. The molecular formula is C16H14N4O3S2. The predicted octanol–water partition coefficient (Wildman–Crippen LogP) is 2.35. The van der Waals surface area contributed by atoms with Crippen molar-refractivity contribution in [2.24, 2.45) is 5.14 Å². The van der Waals surface area contributed by atoms with Crippen LogP contribution in [-0.2, 0) is 10.0 Å². The van der Waals surface area contributed by atoms with E-state index in [2.05, 4.69) is 10.3 Å². The number of hydrogen-bond donors (Lipinski definition) is 3. The smallest absolute Gasteiger partial charge is 0.238 e. The quantitative estimate of drug-likeness (QED) is 0.588. The summed E-state index contributed by atoms with van der Waals surface area (Å²) >= 11 is 1.09. The first-order valence-corrected chi connectivity index (χ1v) is 9.47. The molecule has 0 unspecified atom stereocenters. The van der Waals surface area contributed by atoms with Gasteiger partial charge in [0.1, 0.15) is 10.7 Å². The Kier molecular flexibility index (Phi) is 4.53. The van der Waals surface area contributed by atoms with E-state index in [1.165, 1.54) is 12.1 Å². The highest BCUT2D eigenvalue weighted by Crippen LogP contribution is 2.30. The van der Waals surface area contributed by atoms with Gasteiger partial charge in [-0.1, -0.05) is 47.7 Å². The van der Waals surface area contributed by atoms with Crippen molar-refractivity contribution < 1.29 is 13.2 Å². The van der Waals surface area contributed by atoms with Crippen LogP contribution in [0.25, 0.3) is 0 Å². The Hall–Kier alpha value is -2.75. The average Bonchev–Trinajstić information content (AvgIpc) is 2.95. The van der Waals surface area contributed by atoms with Gasteiger partial charge in [0, 0.05) is 11.3 Å². The van der Waals surface area contributed by atoms with Crippen molar-refractivity contribution in [3.63, 3.8) is 0 Å². The number of carbonyl (C=O) groups excluding carboxylic acids is 1. The number of primary sulfonamides is 1. The maximum atomic E-state index is 12.5. The van der Waals surface area contributed by atoms with Crippen molar-refractivity contribution in [2.75, 3.05) is 11.1 Å². The number of thiazole rings is 1. The third-order valence-electron chi connectivity index (χ3n) is 3.31. The summed E-state index contributed by atoms with van der Waals surface area (Å²) in [5.74, 6) is -0.106. The van der Waals surface area contributed by atoms with Gasteiger partial charge in [-0.2, -0.15) is 0 Å². The van der Waals surface area contributed by atoms with Crippen LogP contribution in [0.2, 0.25) is 0 Å². The second-order valence-corrected chi connectivity index (χ2v) is 7.69. The van der Waals surface area contributed by atoms with Crippen LogP contribution in [0.5, 0.6) is 0 Å². The first-order valence-electron chi connectivity index (χ1n) is 7.10. The number of nitrogens with one attached hydrogen (secondary N) is 1. The number of ketones is 1. The molecule has 9 heteroatoms.